The third kappa shape index (κ3) is 2.86. The lowest BCUT2D eigenvalue weighted by Gasteiger charge is -2.31. The van der Waals surface area contributed by atoms with Crippen LogP contribution < -0.4 is 15.4 Å². The maximum absolute atomic E-state index is 11.9. The molecule has 0 aromatic heterocycles. The molecule has 2 rings (SSSR count). The Bertz CT molecular complexity index is 476. The molecule has 0 saturated carbocycles. The van der Waals surface area contributed by atoms with E-state index >= 15 is 0 Å². The highest BCUT2D eigenvalue weighted by Gasteiger charge is 2.27. The summed E-state index contributed by atoms with van der Waals surface area (Å²) in [5.41, 5.74) is 7.28. The summed E-state index contributed by atoms with van der Waals surface area (Å²) in [6.07, 6.45) is -0.978. The van der Waals surface area contributed by atoms with Gasteiger partial charge in [0.2, 0.25) is 0 Å². The van der Waals surface area contributed by atoms with Crippen LogP contribution in [0.25, 0.3) is 0 Å². The molecule has 1 amide bonds. The van der Waals surface area contributed by atoms with Gasteiger partial charge in [0.15, 0.2) is 6.61 Å². The zero-order valence-electron chi connectivity index (χ0n) is 10.7. The van der Waals surface area contributed by atoms with Crippen LogP contribution in [0.2, 0.25) is 0 Å². The van der Waals surface area contributed by atoms with E-state index in [1.54, 1.807) is 12.1 Å². The van der Waals surface area contributed by atoms with Gasteiger partial charge in [-0.25, -0.2) is 0 Å². The molecule has 1 aliphatic heterocycles. The molecule has 4 N–H and O–H groups in total. The third-order valence-electron chi connectivity index (χ3n) is 3.06. The van der Waals surface area contributed by atoms with E-state index in [2.05, 4.69) is 0 Å². The summed E-state index contributed by atoms with van der Waals surface area (Å²) in [5, 5.41) is 18.4. The number of nitrogens with zero attached hydrogens (tertiary/aromatic N) is 1. The summed E-state index contributed by atoms with van der Waals surface area (Å²) in [6.45, 7) is 1.42. The zero-order valence-corrected chi connectivity index (χ0v) is 10.7. The fourth-order valence-electron chi connectivity index (χ4n) is 1.97. The Kier molecular flexibility index (Phi) is 4.04. The molecule has 0 bridgehead atoms. The minimum Gasteiger partial charge on any atom is -0.482 e. The lowest BCUT2D eigenvalue weighted by Crippen LogP contribution is -2.44. The van der Waals surface area contributed by atoms with Gasteiger partial charge in [-0.3, -0.25) is 4.79 Å². The highest BCUT2D eigenvalue weighted by atomic mass is 16.5. The van der Waals surface area contributed by atoms with E-state index in [0.29, 0.717) is 11.4 Å². The number of carbonyl (C=O) groups is 1. The van der Waals surface area contributed by atoms with Crippen molar-refractivity contribution in [1.29, 1.82) is 0 Å². The Labute approximate surface area is 111 Å². The van der Waals surface area contributed by atoms with E-state index in [-0.39, 0.29) is 25.1 Å². The highest BCUT2D eigenvalue weighted by molar-refractivity contribution is 5.98. The van der Waals surface area contributed by atoms with Crippen LogP contribution in [0.5, 0.6) is 5.75 Å². The largest absolute Gasteiger partial charge is 0.482 e. The molecule has 6 nitrogen and oxygen atoms in total. The number of rotatable bonds is 4. The average Bonchev–Trinajstić information content (AvgIpc) is 2.41. The van der Waals surface area contributed by atoms with Gasteiger partial charge in [0.1, 0.15) is 5.75 Å². The molecular weight excluding hydrogens is 248 g/mol. The van der Waals surface area contributed by atoms with E-state index in [1.165, 1.54) is 4.90 Å². The van der Waals surface area contributed by atoms with Gasteiger partial charge in [0.25, 0.3) is 5.91 Å². The summed E-state index contributed by atoms with van der Waals surface area (Å²) < 4.78 is 5.34. The number of hydrogen-bond acceptors (Lipinski definition) is 5. The van der Waals surface area contributed by atoms with Crippen molar-refractivity contribution in [2.24, 2.45) is 5.73 Å². The lowest BCUT2D eigenvalue weighted by molar-refractivity contribution is -0.121. The summed E-state index contributed by atoms with van der Waals surface area (Å²) in [5.74, 6) is 0.330. The quantitative estimate of drug-likeness (QED) is 0.700. The SMILES string of the molecule is CC(N)c1ccc2c(c1)N(CC(O)CO)C(=O)CO2. The number of aliphatic hydroxyl groups is 2. The number of amides is 1. The first-order chi connectivity index (χ1) is 9.02. The van der Waals surface area contributed by atoms with Crippen LogP contribution in [0.15, 0.2) is 18.2 Å². The van der Waals surface area contributed by atoms with Crippen LogP contribution in [0.1, 0.15) is 18.5 Å². The predicted octanol–water partition coefficient (Wildman–Crippen LogP) is -0.215. The number of ether oxygens (including phenoxy) is 1. The van der Waals surface area contributed by atoms with Crippen molar-refractivity contribution in [1.82, 2.24) is 0 Å². The molecule has 2 unspecified atom stereocenters. The number of anilines is 1. The number of β-amino-alcohol motifs (C(OH)–C–C–N with tert-alkyl or cyclic N) is 1. The second kappa shape index (κ2) is 5.56. The number of benzene rings is 1. The first-order valence-corrected chi connectivity index (χ1v) is 6.14. The standard InChI is InChI=1S/C13H18N2O4/c1-8(14)9-2-3-12-11(4-9)15(5-10(17)6-16)13(18)7-19-12/h2-4,8,10,16-17H,5-7,14H2,1H3. The molecule has 2 atom stereocenters. The maximum Gasteiger partial charge on any atom is 0.265 e. The Balaban J connectivity index is 2.35. The van der Waals surface area contributed by atoms with Crippen LogP contribution in [0.3, 0.4) is 0 Å². The van der Waals surface area contributed by atoms with E-state index in [4.69, 9.17) is 15.6 Å². The topological polar surface area (TPSA) is 96.0 Å². The van der Waals surface area contributed by atoms with E-state index in [1.807, 2.05) is 13.0 Å². The molecule has 1 heterocycles. The highest BCUT2D eigenvalue weighted by Crippen LogP contribution is 2.34. The van der Waals surface area contributed by atoms with Gasteiger partial charge < -0.3 is 25.6 Å². The van der Waals surface area contributed by atoms with Gasteiger partial charge in [-0.2, -0.15) is 0 Å². The molecule has 0 saturated heterocycles. The first-order valence-electron chi connectivity index (χ1n) is 6.14. The predicted molar refractivity (Wildman–Crippen MR) is 70.0 cm³/mol. The second-order valence-corrected chi connectivity index (χ2v) is 4.65. The number of hydrogen-bond donors (Lipinski definition) is 3. The molecule has 6 heteroatoms. The number of nitrogens with two attached hydrogens (primary N) is 1. The van der Waals surface area contributed by atoms with Gasteiger partial charge in [-0.15, -0.1) is 0 Å². The normalized spacial score (nSPS) is 17.7. The minimum atomic E-state index is -0.978. The average molecular weight is 266 g/mol. The maximum atomic E-state index is 11.9. The molecule has 1 aromatic carbocycles. The molecule has 1 aromatic rings. The smallest absolute Gasteiger partial charge is 0.265 e. The van der Waals surface area contributed by atoms with Gasteiger partial charge in [-0.05, 0) is 24.6 Å². The van der Waals surface area contributed by atoms with Gasteiger partial charge in [-0.1, -0.05) is 6.07 Å². The second-order valence-electron chi connectivity index (χ2n) is 4.65. The Hall–Kier alpha value is -1.63. The van der Waals surface area contributed by atoms with Gasteiger partial charge in [0.05, 0.1) is 24.9 Å². The van der Waals surface area contributed by atoms with Crippen molar-refractivity contribution in [3.8, 4) is 5.75 Å². The molecule has 0 spiro atoms. The van der Waals surface area contributed by atoms with Crippen molar-refractivity contribution in [3.05, 3.63) is 23.8 Å². The molecule has 104 valence electrons. The Morgan fingerprint density at radius 2 is 2.26 bits per heavy atom. The number of aliphatic hydroxyl groups excluding tert-OH is 2. The van der Waals surface area contributed by atoms with Crippen LogP contribution in [0.4, 0.5) is 5.69 Å². The molecule has 19 heavy (non-hydrogen) atoms. The minimum absolute atomic E-state index is 0.0358. The summed E-state index contributed by atoms with van der Waals surface area (Å²) in [7, 11) is 0. The van der Waals surface area contributed by atoms with Crippen LogP contribution in [-0.4, -0.2) is 42.0 Å². The van der Waals surface area contributed by atoms with E-state index in [0.717, 1.165) is 5.56 Å². The summed E-state index contributed by atoms with van der Waals surface area (Å²) >= 11 is 0. The van der Waals surface area contributed by atoms with Gasteiger partial charge >= 0.3 is 0 Å². The van der Waals surface area contributed by atoms with Crippen LogP contribution in [0, 0.1) is 0 Å². The van der Waals surface area contributed by atoms with Crippen molar-refractivity contribution in [3.63, 3.8) is 0 Å². The molecule has 0 aliphatic carbocycles. The molecule has 0 radical (unpaired) electrons. The first kappa shape index (κ1) is 13.8. The van der Waals surface area contributed by atoms with E-state index < -0.39 is 12.7 Å². The molecule has 1 aliphatic rings. The van der Waals surface area contributed by atoms with Gasteiger partial charge in [0, 0.05) is 6.04 Å². The third-order valence-corrected chi connectivity index (χ3v) is 3.06. The number of fused-ring (bicyclic) bond motifs is 1. The fourth-order valence-corrected chi connectivity index (χ4v) is 1.97. The molecular formula is C13H18N2O4. The molecule has 0 fully saturated rings. The number of carbonyl (C=O) groups excluding carboxylic acids is 1. The van der Waals surface area contributed by atoms with E-state index in [9.17, 15) is 9.90 Å². The van der Waals surface area contributed by atoms with Crippen LogP contribution in [-0.2, 0) is 4.79 Å². The Morgan fingerprint density at radius 1 is 1.53 bits per heavy atom. The monoisotopic (exact) mass is 266 g/mol. The Morgan fingerprint density at radius 3 is 2.89 bits per heavy atom. The van der Waals surface area contributed by atoms with Crippen molar-refractivity contribution in [2.45, 2.75) is 19.1 Å². The lowest BCUT2D eigenvalue weighted by atomic mass is 10.1. The zero-order chi connectivity index (χ0) is 14.0. The van der Waals surface area contributed by atoms with Crippen molar-refractivity contribution in [2.75, 3.05) is 24.7 Å². The van der Waals surface area contributed by atoms with Crippen molar-refractivity contribution >= 4 is 11.6 Å². The summed E-state index contributed by atoms with van der Waals surface area (Å²) in [6, 6.07) is 5.23. The van der Waals surface area contributed by atoms with Crippen LogP contribution >= 0.6 is 0 Å². The van der Waals surface area contributed by atoms with Crippen molar-refractivity contribution < 1.29 is 19.7 Å². The summed E-state index contributed by atoms with van der Waals surface area (Å²) in [4.78, 5) is 13.3. The fraction of sp³-hybridized carbons (Fsp3) is 0.462.